The van der Waals surface area contributed by atoms with Gasteiger partial charge in [-0.1, -0.05) is 12.1 Å². The van der Waals surface area contributed by atoms with Crippen LogP contribution in [0.3, 0.4) is 0 Å². The maximum atomic E-state index is 12.6. The first-order valence-electron chi connectivity index (χ1n) is 6.66. The number of fused-ring (bicyclic) bond motifs is 1. The van der Waals surface area contributed by atoms with Crippen molar-refractivity contribution in [2.75, 3.05) is 13.9 Å². The lowest BCUT2D eigenvalue weighted by Gasteiger charge is -2.06. The minimum absolute atomic E-state index is 0.126. The fourth-order valence-electron chi connectivity index (χ4n) is 2.17. The SMILES string of the molecule is COCOc1ccc2c(=O)c(-c3ccc(O)cc3)coc2c1. The number of aromatic hydroxyl groups is 1. The molecule has 0 spiro atoms. The summed E-state index contributed by atoms with van der Waals surface area (Å²) in [5, 5.41) is 9.79. The van der Waals surface area contributed by atoms with Crippen LogP contribution in [-0.2, 0) is 4.74 Å². The van der Waals surface area contributed by atoms with Crippen LogP contribution in [0.5, 0.6) is 11.5 Å². The monoisotopic (exact) mass is 298 g/mol. The van der Waals surface area contributed by atoms with E-state index in [4.69, 9.17) is 13.9 Å². The molecule has 0 radical (unpaired) electrons. The Labute approximate surface area is 126 Å². The van der Waals surface area contributed by atoms with Crippen LogP contribution in [0, 0.1) is 0 Å². The molecule has 0 aliphatic carbocycles. The molecule has 5 nitrogen and oxygen atoms in total. The first-order valence-corrected chi connectivity index (χ1v) is 6.66. The second-order valence-electron chi connectivity index (χ2n) is 4.73. The average molecular weight is 298 g/mol. The zero-order valence-corrected chi connectivity index (χ0v) is 11.9. The molecular weight excluding hydrogens is 284 g/mol. The van der Waals surface area contributed by atoms with Crippen molar-refractivity contribution in [3.8, 4) is 22.6 Å². The van der Waals surface area contributed by atoms with Gasteiger partial charge in [-0.25, -0.2) is 0 Å². The first-order chi connectivity index (χ1) is 10.7. The average Bonchev–Trinajstić information content (AvgIpc) is 2.54. The van der Waals surface area contributed by atoms with Crippen LogP contribution in [0.4, 0.5) is 0 Å². The normalized spacial score (nSPS) is 10.8. The van der Waals surface area contributed by atoms with Crippen LogP contribution < -0.4 is 10.2 Å². The number of phenolic OH excluding ortho intramolecular Hbond substituents is 1. The van der Waals surface area contributed by atoms with E-state index in [-0.39, 0.29) is 18.0 Å². The van der Waals surface area contributed by atoms with Crippen LogP contribution >= 0.6 is 0 Å². The van der Waals surface area contributed by atoms with Crippen molar-refractivity contribution in [1.29, 1.82) is 0 Å². The van der Waals surface area contributed by atoms with E-state index in [0.717, 1.165) is 0 Å². The van der Waals surface area contributed by atoms with Crippen LogP contribution in [0.1, 0.15) is 0 Å². The molecule has 0 aliphatic heterocycles. The molecule has 0 saturated heterocycles. The van der Waals surface area contributed by atoms with Gasteiger partial charge < -0.3 is 19.0 Å². The third-order valence-electron chi connectivity index (χ3n) is 3.27. The van der Waals surface area contributed by atoms with Gasteiger partial charge in [0.15, 0.2) is 12.2 Å². The molecule has 2 aromatic carbocycles. The molecule has 0 aliphatic rings. The Morgan fingerprint density at radius 3 is 2.64 bits per heavy atom. The summed E-state index contributed by atoms with van der Waals surface area (Å²) in [5.74, 6) is 0.712. The third kappa shape index (κ3) is 2.66. The fourth-order valence-corrected chi connectivity index (χ4v) is 2.17. The topological polar surface area (TPSA) is 68.9 Å². The van der Waals surface area contributed by atoms with E-state index < -0.39 is 0 Å². The molecule has 1 aromatic heterocycles. The minimum Gasteiger partial charge on any atom is -0.508 e. The number of ether oxygens (including phenoxy) is 2. The van der Waals surface area contributed by atoms with Crippen LogP contribution in [-0.4, -0.2) is 19.0 Å². The number of phenols is 1. The Morgan fingerprint density at radius 2 is 1.91 bits per heavy atom. The van der Waals surface area contributed by atoms with Gasteiger partial charge in [-0.3, -0.25) is 4.79 Å². The van der Waals surface area contributed by atoms with E-state index >= 15 is 0 Å². The van der Waals surface area contributed by atoms with E-state index in [1.165, 1.54) is 25.5 Å². The number of methoxy groups -OCH3 is 1. The molecule has 0 saturated carbocycles. The highest BCUT2D eigenvalue weighted by Gasteiger charge is 2.10. The van der Waals surface area contributed by atoms with Crippen molar-refractivity contribution in [2.45, 2.75) is 0 Å². The predicted molar refractivity (Wildman–Crippen MR) is 82.1 cm³/mol. The lowest BCUT2D eigenvalue weighted by molar-refractivity contribution is 0.0512. The summed E-state index contributed by atoms with van der Waals surface area (Å²) in [6.07, 6.45) is 1.41. The number of benzene rings is 2. The fraction of sp³-hybridized carbons (Fsp3) is 0.118. The minimum atomic E-state index is -0.134. The van der Waals surface area contributed by atoms with E-state index in [1.54, 1.807) is 30.3 Å². The molecule has 112 valence electrons. The number of hydrogen-bond acceptors (Lipinski definition) is 5. The van der Waals surface area contributed by atoms with Crippen molar-refractivity contribution in [1.82, 2.24) is 0 Å². The Hall–Kier alpha value is -2.79. The highest BCUT2D eigenvalue weighted by Crippen LogP contribution is 2.24. The number of hydrogen-bond donors (Lipinski definition) is 1. The number of rotatable bonds is 4. The molecule has 22 heavy (non-hydrogen) atoms. The molecule has 0 fully saturated rings. The van der Waals surface area contributed by atoms with Crippen LogP contribution in [0.15, 0.2) is 57.9 Å². The van der Waals surface area contributed by atoms with Gasteiger partial charge in [0.2, 0.25) is 0 Å². The summed E-state index contributed by atoms with van der Waals surface area (Å²) in [7, 11) is 1.53. The van der Waals surface area contributed by atoms with Gasteiger partial charge in [-0.15, -0.1) is 0 Å². The molecule has 3 aromatic rings. The van der Waals surface area contributed by atoms with Crippen LogP contribution in [0.25, 0.3) is 22.1 Å². The summed E-state index contributed by atoms with van der Waals surface area (Å²) in [6.45, 7) is 0.126. The standard InChI is InChI=1S/C17H14O5/c1-20-10-22-13-6-7-14-16(8-13)21-9-15(17(14)19)11-2-4-12(18)5-3-11/h2-9,18H,10H2,1H3. The van der Waals surface area contributed by atoms with Crippen LogP contribution in [0.2, 0.25) is 0 Å². The van der Waals surface area contributed by atoms with Crippen molar-refractivity contribution < 1.29 is 19.0 Å². The van der Waals surface area contributed by atoms with Gasteiger partial charge in [0, 0.05) is 13.2 Å². The Morgan fingerprint density at radius 1 is 1.14 bits per heavy atom. The zero-order chi connectivity index (χ0) is 15.5. The molecule has 0 unspecified atom stereocenters. The summed E-state index contributed by atoms with van der Waals surface area (Å²) < 4.78 is 15.7. The van der Waals surface area contributed by atoms with Gasteiger partial charge >= 0.3 is 0 Å². The van der Waals surface area contributed by atoms with Crippen molar-refractivity contribution in [3.05, 3.63) is 59.0 Å². The molecule has 3 rings (SSSR count). The molecule has 0 atom stereocenters. The van der Waals surface area contributed by atoms with Crippen molar-refractivity contribution in [3.63, 3.8) is 0 Å². The molecule has 0 bridgehead atoms. The maximum absolute atomic E-state index is 12.6. The van der Waals surface area contributed by atoms with Gasteiger partial charge in [0.1, 0.15) is 23.3 Å². The smallest absolute Gasteiger partial charge is 0.200 e. The lowest BCUT2D eigenvalue weighted by atomic mass is 10.1. The molecule has 1 heterocycles. The molecular formula is C17H14O5. The summed E-state index contributed by atoms with van der Waals surface area (Å²) in [4.78, 5) is 12.6. The van der Waals surface area contributed by atoms with E-state index in [1.807, 2.05) is 0 Å². The van der Waals surface area contributed by atoms with Gasteiger partial charge in [0.25, 0.3) is 0 Å². The summed E-state index contributed by atoms with van der Waals surface area (Å²) in [5.41, 5.74) is 1.44. The highest BCUT2D eigenvalue weighted by atomic mass is 16.7. The van der Waals surface area contributed by atoms with Gasteiger partial charge in [0.05, 0.1) is 10.9 Å². The summed E-state index contributed by atoms with van der Waals surface area (Å²) in [6, 6.07) is 11.4. The van der Waals surface area contributed by atoms with Crippen molar-refractivity contribution in [2.24, 2.45) is 0 Å². The second-order valence-corrected chi connectivity index (χ2v) is 4.73. The van der Waals surface area contributed by atoms with Crippen molar-refractivity contribution >= 4 is 11.0 Å². The maximum Gasteiger partial charge on any atom is 0.200 e. The lowest BCUT2D eigenvalue weighted by Crippen LogP contribution is -2.05. The second kappa shape index (κ2) is 5.91. The molecule has 0 amide bonds. The van der Waals surface area contributed by atoms with E-state index in [2.05, 4.69) is 0 Å². The van der Waals surface area contributed by atoms with Gasteiger partial charge in [-0.2, -0.15) is 0 Å². The Bertz CT molecular complexity index is 849. The largest absolute Gasteiger partial charge is 0.508 e. The first kappa shape index (κ1) is 14.2. The quantitative estimate of drug-likeness (QED) is 0.749. The predicted octanol–water partition coefficient (Wildman–Crippen LogP) is 3.15. The highest BCUT2D eigenvalue weighted by molar-refractivity contribution is 5.82. The van der Waals surface area contributed by atoms with E-state index in [0.29, 0.717) is 27.8 Å². The zero-order valence-electron chi connectivity index (χ0n) is 11.9. The summed E-state index contributed by atoms with van der Waals surface area (Å²) >= 11 is 0. The Balaban J connectivity index is 2.06. The molecule has 5 heteroatoms. The third-order valence-corrected chi connectivity index (χ3v) is 3.27. The van der Waals surface area contributed by atoms with Gasteiger partial charge in [-0.05, 0) is 29.8 Å². The Kier molecular flexibility index (Phi) is 3.80. The molecule has 1 N–H and O–H groups in total. The van der Waals surface area contributed by atoms with E-state index in [9.17, 15) is 9.90 Å².